The first kappa shape index (κ1) is 10.3. The van der Waals surface area contributed by atoms with Crippen LogP contribution in [0.25, 0.3) is 5.69 Å². The minimum absolute atomic E-state index is 0.400. The molecule has 0 saturated carbocycles. The van der Waals surface area contributed by atoms with Crippen LogP contribution in [0.5, 0.6) is 0 Å². The molecule has 16 heavy (non-hydrogen) atoms. The smallest absolute Gasteiger partial charge is 0.220 e. The van der Waals surface area contributed by atoms with Crippen molar-refractivity contribution in [2.45, 2.75) is 6.42 Å². The molecule has 0 aliphatic heterocycles. The van der Waals surface area contributed by atoms with Gasteiger partial charge in [0.2, 0.25) is 6.08 Å². The highest BCUT2D eigenvalue weighted by molar-refractivity contribution is 5.33. The molecule has 0 fully saturated rings. The summed E-state index contributed by atoms with van der Waals surface area (Å²) in [5.74, 6) is 0. The van der Waals surface area contributed by atoms with Crippen LogP contribution in [-0.2, 0) is 11.2 Å². The third-order valence-corrected chi connectivity index (χ3v) is 2.11. The number of rotatable bonds is 4. The maximum atomic E-state index is 9.89. The van der Waals surface area contributed by atoms with E-state index in [2.05, 4.69) is 15.3 Å². The van der Waals surface area contributed by atoms with E-state index in [4.69, 9.17) is 0 Å². The van der Waals surface area contributed by atoms with Crippen molar-refractivity contribution in [3.05, 3.63) is 42.2 Å². The molecule has 1 aromatic heterocycles. The summed E-state index contributed by atoms with van der Waals surface area (Å²) in [4.78, 5) is 13.4. The van der Waals surface area contributed by atoms with Crippen molar-refractivity contribution in [2.75, 3.05) is 6.54 Å². The van der Waals surface area contributed by atoms with Gasteiger partial charge in [-0.1, -0.05) is 23.4 Å². The highest BCUT2D eigenvalue weighted by Crippen LogP contribution is 2.05. The SMILES string of the molecule is O=C=NCCc1cn(-c2ccccc2)nn1. The Hall–Kier alpha value is -2.26. The second kappa shape index (κ2) is 5.00. The maximum Gasteiger partial charge on any atom is 0.234 e. The highest BCUT2D eigenvalue weighted by Gasteiger charge is 2.01. The van der Waals surface area contributed by atoms with Crippen LogP contribution in [0.1, 0.15) is 5.69 Å². The molecule has 0 unspecified atom stereocenters. The predicted octanol–water partition coefficient (Wildman–Crippen LogP) is 1.15. The number of aliphatic imine (C=N–C) groups is 1. The third kappa shape index (κ3) is 2.40. The highest BCUT2D eigenvalue weighted by atomic mass is 16.1. The molecule has 0 spiro atoms. The minimum atomic E-state index is 0.400. The molecule has 1 aromatic carbocycles. The van der Waals surface area contributed by atoms with Gasteiger partial charge >= 0.3 is 0 Å². The summed E-state index contributed by atoms with van der Waals surface area (Å²) >= 11 is 0. The molecule has 0 aliphatic carbocycles. The predicted molar refractivity (Wildman–Crippen MR) is 58.1 cm³/mol. The Morgan fingerprint density at radius 3 is 2.88 bits per heavy atom. The van der Waals surface area contributed by atoms with Crippen molar-refractivity contribution in [1.29, 1.82) is 0 Å². The molecule has 2 aromatic rings. The van der Waals surface area contributed by atoms with Gasteiger partial charge in [0.1, 0.15) is 0 Å². The van der Waals surface area contributed by atoms with Crippen LogP contribution in [0.15, 0.2) is 41.5 Å². The average Bonchev–Trinajstić information content (AvgIpc) is 2.79. The van der Waals surface area contributed by atoms with Crippen molar-refractivity contribution in [3.63, 3.8) is 0 Å². The van der Waals surface area contributed by atoms with Gasteiger partial charge < -0.3 is 0 Å². The molecule has 2 rings (SSSR count). The van der Waals surface area contributed by atoms with E-state index in [0.29, 0.717) is 13.0 Å². The lowest BCUT2D eigenvalue weighted by Gasteiger charge is -1.96. The molecule has 0 atom stereocenters. The van der Waals surface area contributed by atoms with Crippen LogP contribution >= 0.6 is 0 Å². The molecule has 5 nitrogen and oxygen atoms in total. The van der Waals surface area contributed by atoms with E-state index in [9.17, 15) is 4.79 Å². The molecule has 1 heterocycles. The fourth-order valence-electron chi connectivity index (χ4n) is 1.34. The normalized spacial score (nSPS) is 9.75. The van der Waals surface area contributed by atoms with Crippen LogP contribution in [-0.4, -0.2) is 27.6 Å². The minimum Gasteiger partial charge on any atom is -0.220 e. The van der Waals surface area contributed by atoms with Gasteiger partial charge in [0, 0.05) is 6.42 Å². The van der Waals surface area contributed by atoms with Crippen LogP contribution in [0, 0.1) is 0 Å². The van der Waals surface area contributed by atoms with Crippen LogP contribution in [0.3, 0.4) is 0 Å². The van der Waals surface area contributed by atoms with Gasteiger partial charge in [0.15, 0.2) is 0 Å². The Kier molecular flexibility index (Phi) is 3.21. The lowest BCUT2D eigenvalue weighted by atomic mass is 10.3. The zero-order valence-corrected chi connectivity index (χ0v) is 8.58. The summed E-state index contributed by atoms with van der Waals surface area (Å²) in [7, 11) is 0. The lowest BCUT2D eigenvalue weighted by Crippen LogP contribution is -1.93. The van der Waals surface area contributed by atoms with Gasteiger partial charge in [-0.15, -0.1) is 5.10 Å². The third-order valence-electron chi connectivity index (χ3n) is 2.11. The second-order valence-electron chi connectivity index (χ2n) is 3.21. The molecule has 80 valence electrons. The number of carbonyl (C=O) groups excluding carboxylic acids is 1. The molecule has 0 aliphatic rings. The van der Waals surface area contributed by atoms with Crippen LogP contribution in [0.4, 0.5) is 0 Å². The number of isocyanates is 1. The topological polar surface area (TPSA) is 60.1 Å². The average molecular weight is 214 g/mol. The summed E-state index contributed by atoms with van der Waals surface area (Å²) in [6, 6.07) is 9.71. The van der Waals surface area contributed by atoms with Crippen molar-refractivity contribution < 1.29 is 4.79 Å². The molecule has 0 saturated heterocycles. The summed E-state index contributed by atoms with van der Waals surface area (Å²) in [5.41, 5.74) is 1.77. The van der Waals surface area contributed by atoms with E-state index < -0.39 is 0 Å². The van der Waals surface area contributed by atoms with E-state index >= 15 is 0 Å². The van der Waals surface area contributed by atoms with Gasteiger partial charge in [0.25, 0.3) is 0 Å². The number of benzene rings is 1. The van der Waals surface area contributed by atoms with E-state index in [-0.39, 0.29) is 0 Å². The Labute approximate surface area is 92.4 Å². The van der Waals surface area contributed by atoms with Gasteiger partial charge in [0.05, 0.1) is 24.1 Å². The molecule has 0 bridgehead atoms. The van der Waals surface area contributed by atoms with E-state index in [1.165, 1.54) is 6.08 Å². The van der Waals surface area contributed by atoms with Gasteiger partial charge in [-0.3, -0.25) is 0 Å². The Morgan fingerprint density at radius 1 is 1.31 bits per heavy atom. The Bertz CT molecular complexity index is 500. The zero-order chi connectivity index (χ0) is 11.2. The lowest BCUT2D eigenvalue weighted by molar-refractivity contribution is 0.563. The maximum absolute atomic E-state index is 9.89. The fourth-order valence-corrected chi connectivity index (χ4v) is 1.34. The first-order chi connectivity index (χ1) is 7.90. The summed E-state index contributed by atoms with van der Waals surface area (Å²) in [6.45, 7) is 0.400. The number of para-hydroxylation sites is 1. The quantitative estimate of drug-likeness (QED) is 0.566. The van der Waals surface area contributed by atoms with E-state index in [1.54, 1.807) is 4.68 Å². The summed E-state index contributed by atoms with van der Waals surface area (Å²) < 4.78 is 1.69. The van der Waals surface area contributed by atoms with Crippen LogP contribution < -0.4 is 0 Å². The van der Waals surface area contributed by atoms with Crippen molar-refractivity contribution >= 4 is 6.08 Å². The van der Waals surface area contributed by atoms with Gasteiger partial charge in [-0.05, 0) is 12.1 Å². The van der Waals surface area contributed by atoms with Crippen molar-refractivity contribution in [3.8, 4) is 5.69 Å². The van der Waals surface area contributed by atoms with Gasteiger partial charge in [-0.25, -0.2) is 14.5 Å². The number of hydrogen-bond donors (Lipinski definition) is 0. The Morgan fingerprint density at radius 2 is 2.12 bits per heavy atom. The molecule has 0 N–H and O–H groups in total. The number of nitrogens with zero attached hydrogens (tertiary/aromatic N) is 4. The van der Waals surface area contributed by atoms with Gasteiger partial charge in [-0.2, -0.15) is 0 Å². The molecule has 5 heteroatoms. The fraction of sp³-hybridized carbons (Fsp3) is 0.182. The number of hydrogen-bond acceptors (Lipinski definition) is 4. The molecule has 0 amide bonds. The zero-order valence-electron chi connectivity index (χ0n) is 8.58. The van der Waals surface area contributed by atoms with Crippen LogP contribution in [0.2, 0.25) is 0 Å². The summed E-state index contributed by atoms with van der Waals surface area (Å²) in [6.07, 6.45) is 3.92. The summed E-state index contributed by atoms with van der Waals surface area (Å²) in [5, 5.41) is 7.98. The first-order valence-corrected chi connectivity index (χ1v) is 4.90. The standard InChI is InChI=1S/C11H10N4O/c16-9-12-7-6-10-8-15(14-13-10)11-4-2-1-3-5-11/h1-5,8H,6-7H2. The van der Waals surface area contributed by atoms with Crippen molar-refractivity contribution in [1.82, 2.24) is 15.0 Å². The first-order valence-electron chi connectivity index (χ1n) is 4.90. The molecular weight excluding hydrogens is 204 g/mol. The molecular formula is C11H10N4O. The molecule has 0 radical (unpaired) electrons. The monoisotopic (exact) mass is 214 g/mol. The second-order valence-corrected chi connectivity index (χ2v) is 3.21. The number of aromatic nitrogens is 3. The van der Waals surface area contributed by atoms with E-state index in [0.717, 1.165) is 11.4 Å². The van der Waals surface area contributed by atoms with Crippen molar-refractivity contribution in [2.24, 2.45) is 4.99 Å². The van der Waals surface area contributed by atoms with E-state index in [1.807, 2.05) is 36.5 Å². The largest absolute Gasteiger partial charge is 0.234 e. The Balaban J connectivity index is 2.11.